The summed E-state index contributed by atoms with van der Waals surface area (Å²) in [5, 5.41) is 4.76. The summed E-state index contributed by atoms with van der Waals surface area (Å²) in [5.74, 6) is 0. The molecule has 11 aromatic rings. The topological polar surface area (TPSA) is 16.4 Å². The van der Waals surface area contributed by atoms with Crippen molar-refractivity contribution in [3.05, 3.63) is 212 Å². The number of nitrogens with zero attached hydrogens (tertiary/aromatic N) is 1. The van der Waals surface area contributed by atoms with E-state index < -0.39 is 0 Å². The summed E-state index contributed by atoms with van der Waals surface area (Å²) in [6.45, 7) is 0. The highest BCUT2D eigenvalue weighted by atomic mass is 32.1. The van der Waals surface area contributed by atoms with Crippen LogP contribution in [0.2, 0.25) is 0 Å². The lowest BCUT2D eigenvalue weighted by Crippen LogP contribution is -2.12. The van der Waals surface area contributed by atoms with Crippen molar-refractivity contribution < 1.29 is 4.42 Å². The van der Waals surface area contributed by atoms with Crippen molar-refractivity contribution in [2.24, 2.45) is 0 Å². The maximum atomic E-state index is 6.71. The minimum Gasteiger partial charge on any atom is -0.455 e. The molecule has 268 valence electrons. The maximum Gasteiger partial charge on any atom is 0.143 e. The van der Waals surface area contributed by atoms with E-state index in [0.29, 0.717) is 0 Å². The molecule has 2 aromatic heterocycles. The van der Waals surface area contributed by atoms with E-state index in [2.05, 4.69) is 211 Å². The average molecular weight is 746 g/mol. The van der Waals surface area contributed by atoms with Crippen LogP contribution in [0.25, 0.3) is 86.6 Å². The second-order valence-corrected chi connectivity index (χ2v) is 15.5. The molecule has 0 amide bonds. The van der Waals surface area contributed by atoms with Gasteiger partial charge in [-0.3, -0.25) is 0 Å². The number of benzene rings is 9. The van der Waals surface area contributed by atoms with E-state index in [4.69, 9.17) is 4.42 Å². The number of thiophene rings is 1. The number of para-hydroxylation sites is 2. The van der Waals surface area contributed by atoms with Gasteiger partial charge in [0, 0.05) is 43.1 Å². The van der Waals surface area contributed by atoms with Crippen molar-refractivity contribution in [3.63, 3.8) is 0 Å². The van der Waals surface area contributed by atoms with E-state index in [1.807, 2.05) is 17.4 Å². The van der Waals surface area contributed by atoms with Gasteiger partial charge in [-0.15, -0.1) is 11.3 Å². The molecule has 0 aliphatic heterocycles. The van der Waals surface area contributed by atoms with Crippen LogP contribution in [0.3, 0.4) is 0 Å². The van der Waals surface area contributed by atoms with Crippen LogP contribution < -0.4 is 4.90 Å². The molecule has 0 atom stereocenters. The molecule has 0 aliphatic carbocycles. The average Bonchev–Trinajstić information content (AvgIpc) is 3.87. The van der Waals surface area contributed by atoms with Crippen molar-refractivity contribution >= 4 is 70.5 Å². The fraction of sp³-hybridized carbons (Fsp3) is 0. The molecule has 0 aliphatic rings. The highest BCUT2D eigenvalue weighted by Gasteiger charge is 2.25. The smallest absolute Gasteiger partial charge is 0.143 e. The number of anilines is 3. The molecular formula is C54H35NOS. The largest absolute Gasteiger partial charge is 0.455 e. The first kappa shape index (κ1) is 33.2. The summed E-state index contributed by atoms with van der Waals surface area (Å²) in [5.41, 5.74) is 14.2. The van der Waals surface area contributed by atoms with Gasteiger partial charge < -0.3 is 9.32 Å². The molecule has 9 aromatic carbocycles. The van der Waals surface area contributed by atoms with Crippen molar-refractivity contribution in [2.45, 2.75) is 0 Å². The van der Waals surface area contributed by atoms with E-state index in [-0.39, 0.29) is 0 Å². The van der Waals surface area contributed by atoms with E-state index >= 15 is 0 Å². The van der Waals surface area contributed by atoms with Crippen LogP contribution in [-0.4, -0.2) is 0 Å². The molecule has 0 unspecified atom stereocenters. The first-order valence-corrected chi connectivity index (χ1v) is 20.2. The van der Waals surface area contributed by atoms with Gasteiger partial charge >= 0.3 is 0 Å². The zero-order valence-corrected chi connectivity index (χ0v) is 31.8. The fourth-order valence-electron chi connectivity index (χ4n) is 8.47. The van der Waals surface area contributed by atoms with Gasteiger partial charge in [0.1, 0.15) is 11.2 Å². The van der Waals surface area contributed by atoms with Gasteiger partial charge in [0.15, 0.2) is 0 Å². The molecule has 0 N–H and O–H groups in total. The monoisotopic (exact) mass is 745 g/mol. The summed E-state index contributed by atoms with van der Waals surface area (Å²) in [6, 6.07) is 76.5. The van der Waals surface area contributed by atoms with Gasteiger partial charge in [0.05, 0.1) is 16.1 Å². The lowest BCUT2D eigenvalue weighted by Gasteiger charge is -2.30. The van der Waals surface area contributed by atoms with Gasteiger partial charge in [0.25, 0.3) is 0 Å². The summed E-state index contributed by atoms with van der Waals surface area (Å²) in [4.78, 5) is 2.50. The number of rotatable bonds is 7. The highest BCUT2D eigenvalue weighted by molar-refractivity contribution is 7.26. The molecule has 0 saturated carbocycles. The van der Waals surface area contributed by atoms with E-state index in [1.165, 1.54) is 31.3 Å². The molecular weight excluding hydrogens is 711 g/mol. The van der Waals surface area contributed by atoms with Crippen LogP contribution in [0.4, 0.5) is 17.1 Å². The summed E-state index contributed by atoms with van der Waals surface area (Å²) < 4.78 is 9.23. The highest BCUT2D eigenvalue weighted by Crippen LogP contribution is 2.51. The Morgan fingerprint density at radius 2 is 0.912 bits per heavy atom. The molecule has 57 heavy (non-hydrogen) atoms. The van der Waals surface area contributed by atoms with E-state index in [1.54, 1.807) is 0 Å². The Kier molecular flexibility index (Phi) is 8.04. The lowest BCUT2D eigenvalue weighted by atomic mass is 9.90. The molecule has 0 bridgehead atoms. The Morgan fingerprint density at radius 1 is 0.368 bits per heavy atom. The Morgan fingerprint density at radius 3 is 1.65 bits per heavy atom. The van der Waals surface area contributed by atoms with Crippen molar-refractivity contribution in [3.8, 4) is 44.5 Å². The minimum atomic E-state index is 0.890. The second-order valence-electron chi connectivity index (χ2n) is 14.4. The summed E-state index contributed by atoms with van der Waals surface area (Å²) in [7, 11) is 0. The third-order valence-corrected chi connectivity index (χ3v) is 12.3. The van der Waals surface area contributed by atoms with Crippen molar-refractivity contribution in [1.82, 2.24) is 0 Å². The normalized spacial score (nSPS) is 11.5. The number of hydrogen-bond donors (Lipinski definition) is 0. The van der Waals surface area contributed by atoms with Crippen LogP contribution in [0.5, 0.6) is 0 Å². The van der Waals surface area contributed by atoms with Crippen LogP contribution in [0.15, 0.2) is 217 Å². The summed E-state index contributed by atoms with van der Waals surface area (Å²) >= 11 is 1.86. The van der Waals surface area contributed by atoms with Crippen molar-refractivity contribution in [1.29, 1.82) is 0 Å². The van der Waals surface area contributed by atoms with Crippen LogP contribution in [0.1, 0.15) is 0 Å². The Bertz CT molecular complexity index is 3180. The minimum absolute atomic E-state index is 0.890. The van der Waals surface area contributed by atoms with Gasteiger partial charge in [-0.05, 0) is 75.8 Å². The summed E-state index contributed by atoms with van der Waals surface area (Å²) in [6.07, 6.45) is 0. The number of fused-ring (bicyclic) bond motifs is 6. The molecule has 11 rings (SSSR count). The van der Waals surface area contributed by atoms with Crippen LogP contribution >= 0.6 is 11.3 Å². The zero-order valence-electron chi connectivity index (χ0n) is 31.0. The Hall–Kier alpha value is -7.20. The first-order valence-electron chi connectivity index (χ1n) is 19.3. The quantitative estimate of drug-likeness (QED) is 0.162. The molecule has 0 spiro atoms. The van der Waals surface area contributed by atoms with Crippen LogP contribution in [-0.2, 0) is 0 Å². The lowest BCUT2D eigenvalue weighted by molar-refractivity contribution is 0.670. The first-order chi connectivity index (χ1) is 28.3. The van der Waals surface area contributed by atoms with Gasteiger partial charge in [-0.1, -0.05) is 170 Å². The molecule has 0 radical (unpaired) electrons. The van der Waals surface area contributed by atoms with Gasteiger partial charge in [0.2, 0.25) is 0 Å². The SMILES string of the molecule is c1ccc(-c2cc(-c3ccccc3)cc(N(c3cccc(-c4cccc5c4oc4ccccc45)c3-c3ccccc3)c3cccc4c3sc3ccccc34)c2)cc1. The standard InChI is InChI=1S/C54H35NOS/c1-4-17-36(18-5-1)39-33-40(37-19-6-2-7-20-37)35-41(34-39)55(49-30-16-28-47-43-24-11-13-32-51(43)57-54(47)49)48-29-15-25-44(52(48)38-21-8-3-9-22-38)46-27-14-26-45-42-23-10-12-31-50(42)56-53(45)46/h1-35H. The third kappa shape index (κ3) is 5.71. The second kappa shape index (κ2) is 13.8. The number of hydrogen-bond acceptors (Lipinski definition) is 3. The van der Waals surface area contributed by atoms with Gasteiger partial charge in [-0.25, -0.2) is 0 Å². The van der Waals surface area contributed by atoms with Crippen LogP contribution in [0, 0.1) is 0 Å². The number of furan rings is 1. The maximum absolute atomic E-state index is 6.71. The van der Waals surface area contributed by atoms with Gasteiger partial charge in [-0.2, -0.15) is 0 Å². The predicted molar refractivity (Wildman–Crippen MR) is 243 cm³/mol. The third-order valence-electron chi connectivity index (χ3n) is 11.1. The zero-order chi connectivity index (χ0) is 37.7. The van der Waals surface area contributed by atoms with E-state index in [9.17, 15) is 0 Å². The fourth-order valence-corrected chi connectivity index (χ4v) is 9.68. The molecule has 2 nitrogen and oxygen atoms in total. The van der Waals surface area contributed by atoms with E-state index in [0.717, 1.165) is 72.4 Å². The Labute approximate surface area is 335 Å². The molecule has 0 saturated heterocycles. The van der Waals surface area contributed by atoms with Crippen molar-refractivity contribution in [2.75, 3.05) is 4.90 Å². The Balaban J connectivity index is 1.26. The molecule has 0 fully saturated rings. The molecule has 2 heterocycles. The predicted octanol–water partition coefficient (Wildman–Crippen LogP) is 16.1. The molecule has 3 heteroatoms.